The van der Waals surface area contributed by atoms with Crippen LogP contribution < -0.4 is 10.1 Å². The fraction of sp³-hybridized carbons (Fsp3) is 0.263. The summed E-state index contributed by atoms with van der Waals surface area (Å²) in [6, 6.07) is 11.7. The van der Waals surface area contributed by atoms with Crippen LogP contribution >= 0.6 is 0 Å². The molecule has 0 aliphatic carbocycles. The summed E-state index contributed by atoms with van der Waals surface area (Å²) in [7, 11) is 1.64. The van der Waals surface area contributed by atoms with Gasteiger partial charge in [0, 0.05) is 30.8 Å². The quantitative estimate of drug-likeness (QED) is 0.935. The van der Waals surface area contributed by atoms with E-state index < -0.39 is 5.82 Å². The van der Waals surface area contributed by atoms with Crippen LogP contribution in [0, 0.1) is 17.1 Å². The van der Waals surface area contributed by atoms with Crippen LogP contribution in [0.3, 0.4) is 0 Å². The van der Waals surface area contributed by atoms with Crippen molar-refractivity contribution >= 4 is 6.03 Å². The van der Waals surface area contributed by atoms with Crippen molar-refractivity contribution in [3.63, 3.8) is 0 Å². The van der Waals surface area contributed by atoms with Gasteiger partial charge in [-0.15, -0.1) is 0 Å². The minimum atomic E-state index is -0.493. The number of rotatable bonds is 3. The molecule has 0 unspecified atom stereocenters. The molecule has 25 heavy (non-hydrogen) atoms. The number of nitrogens with zero attached hydrogens (tertiary/aromatic N) is 2. The zero-order valence-corrected chi connectivity index (χ0v) is 13.9. The number of halogens is 1. The minimum absolute atomic E-state index is 0.0812. The molecule has 0 saturated heterocycles. The Morgan fingerprint density at radius 1 is 1.40 bits per heavy atom. The van der Waals surface area contributed by atoms with Crippen molar-refractivity contribution in [3.05, 3.63) is 64.5 Å². The molecule has 0 bridgehead atoms. The molecule has 2 aromatic carbocycles. The maximum absolute atomic E-state index is 13.9. The number of hydrogen-bond acceptors (Lipinski definition) is 3. The molecule has 0 spiro atoms. The molecule has 1 heterocycles. The predicted molar refractivity (Wildman–Crippen MR) is 90.5 cm³/mol. The number of nitriles is 1. The highest BCUT2D eigenvalue weighted by Gasteiger charge is 2.22. The van der Waals surface area contributed by atoms with Gasteiger partial charge in [-0.2, -0.15) is 5.26 Å². The van der Waals surface area contributed by atoms with Gasteiger partial charge in [-0.3, -0.25) is 0 Å². The Balaban J connectivity index is 1.64. The Bertz CT molecular complexity index is 845. The van der Waals surface area contributed by atoms with E-state index in [2.05, 4.69) is 5.32 Å². The SMILES string of the molecule is COc1cccc2c1CCN(C(=O)NCc1ccc(C#N)cc1F)C2. The second-order valence-electron chi connectivity index (χ2n) is 5.85. The number of amides is 2. The van der Waals surface area contributed by atoms with E-state index in [-0.39, 0.29) is 18.1 Å². The zero-order chi connectivity index (χ0) is 17.8. The van der Waals surface area contributed by atoms with Gasteiger partial charge in [0.25, 0.3) is 0 Å². The topological polar surface area (TPSA) is 65.4 Å². The van der Waals surface area contributed by atoms with Crippen molar-refractivity contribution < 1.29 is 13.9 Å². The summed E-state index contributed by atoms with van der Waals surface area (Å²) in [5, 5.41) is 11.5. The Morgan fingerprint density at radius 2 is 2.24 bits per heavy atom. The summed E-state index contributed by atoms with van der Waals surface area (Å²) in [6.45, 7) is 1.15. The molecule has 0 radical (unpaired) electrons. The Kier molecular flexibility index (Phi) is 4.85. The average Bonchev–Trinajstić information content (AvgIpc) is 2.65. The van der Waals surface area contributed by atoms with Gasteiger partial charge in [0.2, 0.25) is 0 Å². The lowest BCUT2D eigenvalue weighted by atomic mass is 9.99. The van der Waals surface area contributed by atoms with Gasteiger partial charge in [-0.05, 0) is 30.2 Å². The second-order valence-corrected chi connectivity index (χ2v) is 5.85. The molecule has 0 fully saturated rings. The summed E-state index contributed by atoms with van der Waals surface area (Å²) in [5.74, 6) is 0.352. The number of nitrogens with one attached hydrogen (secondary N) is 1. The van der Waals surface area contributed by atoms with E-state index in [0.717, 1.165) is 23.3 Å². The number of urea groups is 1. The molecule has 0 saturated carbocycles. The lowest BCUT2D eigenvalue weighted by Gasteiger charge is -2.29. The van der Waals surface area contributed by atoms with Crippen molar-refractivity contribution in [3.8, 4) is 11.8 Å². The van der Waals surface area contributed by atoms with Crippen LogP contribution in [0.25, 0.3) is 0 Å². The van der Waals surface area contributed by atoms with Gasteiger partial charge in [0.1, 0.15) is 11.6 Å². The monoisotopic (exact) mass is 339 g/mol. The molecule has 1 aliphatic rings. The van der Waals surface area contributed by atoms with Crippen molar-refractivity contribution in [1.29, 1.82) is 5.26 Å². The molecule has 6 heteroatoms. The first-order chi connectivity index (χ1) is 12.1. The molecule has 2 amide bonds. The van der Waals surface area contributed by atoms with E-state index in [0.29, 0.717) is 18.7 Å². The smallest absolute Gasteiger partial charge is 0.317 e. The van der Waals surface area contributed by atoms with Crippen LogP contribution in [-0.4, -0.2) is 24.6 Å². The maximum Gasteiger partial charge on any atom is 0.317 e. The summed E-state index contributed by atoms with van der Waals surface area (Å²) >= 11 is 0. The molecule has 2 aromatic rings. The van der Waals surface area contributed by atoms with Crippen molar-refractivity contribution in [1.82, 2.24) is 10.2 Å². The number of carbonyl (C=O) groups is 1. The van der Waals surface area contributed by atoms with E-state index in [9.17, 15) is 9.18 Å². The largest absolute Gasteiger partial charge is 0.496 e. The molecular formula is C19H18FN3O2. The number of benzene rings is 2. The number of fused-ring (bicyclic) bond motifs is 1. The maximum atomic E-state index is 13.9. The third-order valence-corrected chi connectivity index (χ3v) is 4.34. The Labute approximate surface area is 145 Å². The summed E-state index contributed by atoms with van der Waals surface area (Å²) in [6.07, 6.45) is 0.720. The molecule has 5 nitrogen and oxygen atoms in total. The van der Waals surface area contributed by atoms with E-state index in [1.165, 1.54) is 18.2 Å². The van der Waals surface area contributed by atoms with Crippen LogP contribution in [0.1, 0.15) is 22.3 Å². The lowest BCUT2D eigenvalue weighted by molar-refractivity contribution is 0.191. The molecular weight excluding hydrogens is 321 g/mol. The van der Waals surface area contributed by atoms with E-state index in [1.54, 1.807) is 12.0 Å². The normalized spacial score (nSPS) is 12.9. The van der Waals surface area contributed by atoms with Gasteiger partial charge >= 0.3 is 6.03 Å². The molecule has 128 valence electrons. The Hall–Kier alpha value is -3.07. The number of carbonyl (C=O) groups excluding carboxylic acids is 1. The first-order valence-corrected chi connectivity index (χ1v) is 7.98. The van der Waals surface area contributed by atoms with E-state index >= 15 is 0 Å². The highest BCUT2D eigenvalue weighted by molar-refractivity contribution is 5.74. The van der Waals surface area contributed by atoms with Crippen LogP contribution in [0.15, 0.2) is 36.4 Å². The molecule has 3 rings (SSSR count). The molecule has 0 atom stereocenters. The fourth-order valence-corrected chi connectivity index (χ4v) is 2.98. The zero-order valence-electron chi connectivity index (χ0n) is 13.9. The first kappa shape index (κ1) is 16.8. The standard InChI is InChI=1S/C19H18FN3O2/c1-25-18-4-2-3-15-12-23(8-7-16(15)18)19(24)22-11-14-6-5-13(10-21)9-17(14)20/h2-6,9H,7-8,11-12H2,1H3,(H,22,24). The van der Waals surface area contributed by atoms with Crippen LogP contribution in [-0.2, 0) is 19.5 Å². The lowest BCUT2D eigenvalue weighted by Crippen LogP contribution is -2.42. The number of methoxy groups -OCH3 is 1. The van der Waals surface area contributed by atoms with Crippen LogP contribution in [0.5, 0.6) is 5.75 Å². The predicted octanol–water partition coefficient (Wildman–Crippen LogP) is 2.97. The number of ether oxygens (including phenoxy) is 1. The van der Waals surface area contributed by atoms with E-state index in [4.69, 9.17) is 10.00 Å². The van der Waals surface area contributed by atoms with Crippen molar-refractivity contribution in [2.45, 2.75) is 19.5 Å². The third-order valence-electron chi connectivity index (χ3n) is 4.34. The van der Waals surface area contributed by atoms with Crippen molar-refractivity contribution in [2.75, 3.05) is 13.7 Å². The average molecular weight is 339 g/mol. The minimum Gasteiger partial charge on any atom is -0.496 e. The molecule has 1 N–H and O–H groups in total. The van der Waals surface area contributed by atoms with Gasteiger partial charge in [-0.1, -0.05) is 18.2 Å². The highest BCUT2D eigenvalue weighted by Crippen LogP contribution is 2.27. The van der Waals surface area contributed by atoms with Gasteiger partial charge in [0.05, 0.1) is 18.7 Å². The van der Waals surface area contributed by atoms with E-state index in [1.807, 2.05) is 24.3 Å². The fourth-order valence-electron chi connectivity index (χ4n) is 2.98. The second kappa shape index (κ2) is 7.22. The van der Waals surface area contributed by atoms with Crippen molar-refractivity contribution in [2.24, 2.45) is 0 Å². The third kappa shape index (κ3) is 3.56. The summed E-state index contributed by atoms with van der Waals surface area (Å²) in [4.78, 5) is 14.1. The van der Waals surface area contributed by atoms with Gasteiger partial charge < -0.3 is 15.0 Å². The van der Waals surface area contributed by atoms with Crippen LogP contribution in [0.4, 0.5) is 9.18 Å². The van der Waals surface area contributed by atoms with Crippen LogP contribution in [0.2, 0.25) is 0 Å². The Morgan fingerprint density at radius 3 is 2.96 bits per heavy atom. The summed E-state index contributed by atoms with van der Waals surface area (Å²) < 4.78 is 19.2. The number of hydrogen-bond donors (Lipinski definition) is 1. The molecule has 0 aromatic heterocycles. The molecule has 1 aliphatic heterocycles. The van der Waals surface area contributed by atoms with Gasteiger partial charge in [0.15, 0.2) is 0 Å². The highest BCUT2D eigenvalue weighted by atomic mass is 19.1. The summed E-state index contributed by atoms with van der Waals surface area (Å²) in [5.41, 5.74) is 2.80. The van der Waals surface area contributed by atoms with Gasteiger partial charge in [-0.25, -0.2) is 9.18 Å². The first-order valence-electron chi connectivity index (χ1n) is 7.98.